The van der Waals surface area contributed by atoms with Gasteiger partial charge in [0.25, 0.3) is 0 Å². The van der Waals surface area contributed by atoms with Crippen molar-refractivity contribution in [2.24, 2.45) is 11.8 Å². The van der Waals surface area contributed by atoms with Crippen LogP contribution in [0.4, 0.5) is 0 Å². The first-order valence-electron chi connectivity index (χ1n) is 11.9. The summed E-state index contributed by atoms with van der Waals surface area (Å²) in [5.74, 6) is 46.7. The molecule has 0 bridgehead atoms. The minimum Gasteiger partial charge on any atom is -0.380 e. The minimum atomic E-state index is 0. The predicted octanol–water partition coefficient (Wildman–Crippen LogP) is 5.36. The molecule has 2 rings (SSSR count). The van der Waals surface area contributed by atoms with Crippen LogP contribution in [0.2, 0.25) is 0 Å². The molecule has 2 saturated carbocycles. The highest BCUT2D eigenvalue weighted by Gasteiger charge is 2.12. The molecule has 3 nitrogen and oxygen atoms in total. The van der Waals surface area contributed by atoms with Crippen LogP contribution in [0.3, 0.4) is 0 Å². The second kappa shape index (κ2) is 32.5. The van der Waals surface area contributed by atoms with Crippen molar-refractivity contribution in [1.29, 1.82) is 0 Å². The first kappa shape index (κ1) is 35.7. The smallest absolute Gasteiger partial charge is 0.142 e. The van der Waals surface area contributed by atoms with Gasteiger partial charge in [-0.2, -0.15) is 0 Å². The lowest BCUT2D eigenvalue weighted by atomic mass is 10.1. The molecule has 200 valence electrons. The Morgan fingerprint density at radius 2 is 0.842 bits per heavy atom. The van der Waals surface area contributed by atoms with Gasteiger partial charge in [0.2, 0.25) is 0 Å². The molecule has 0 saturated heterocycles. The number of aldehydes is 2. The molecular formula is C34H41O3P. The van der Waals surface area contributed by atoms with Gasteiger partial charge in [-0.15, -0.1) is 0 Å². The van der Waals surface area contributed by atoms with Crippen molar-refractivity contribution in [1.82, 2.24) is 0 Å². The summed E-state index contributed by atoms with van der Waals surface area (Å²) in [5, 5.41) is 0. The maximum atomic E-state index is 10.0. The van der Waals surface area contributed by atoms with Gasteiger partial charge in [0.15, 0.2) is 0 Å². The summed E-state index contributed by atoms with van der Waals surface area (Å²) < 4.78 is 0. The molecule has 0 heterocycles. The van der Waals surface area contributed by atoms with Crippen molar-refractivity contribution < 1.29 is 21.6 Å². The Balaban J connectivity index is -0.0000000943. The monoisotopic (exact) mass is 528 g/mol. The molecule has 4 heteroatoms. The van der Waals surface area contributed by atoms with Gasteiger partial charge in [-0.05, 0) is 156 Å². The number of carbonyl (C=O) groups excluding carboxylic acids is 2. The SMILES string of the molecule is CC#CC#CC#CC#CC#CC#CC#CC#CC#CC.O=C/C=C/C1CCCC1.O=CC1CCCC1.OP.[HH].[HH].[HH].[HH].[HH]. The number of hydrogen-bond acceptors (Lipinski definition) is 3. The van der Waals surface area contributed by atoms with Crippen LogP contribution in [-0.4, -0.2) is 17.5 Å². The van der Waals surface area contributed by atoms with Crippen LogP contribution in [-0.2, 0) is 9.59 Å². The van der Waals surface area contributed by atoms with Crippen molar-refractivity contribution in [2.75, 3.05) is 0 Å². The second-order valence-electron chi connectivity index (χ2n) is 7.25. The molecule has 0 amide bonds. The van der Waals surface area contributed by atoms with Gasteiger partial charge in [-0.25, -0.2) is 0 Å². The Bertz CT molecular complexity index is 1240. The van der Waals surface area contributed by atoms with E-state index < -0.39 is 0 Å². The fraction of sp³-hybridized carbons (Fsp3) is 0.353. The second-order valence-corrected chi connectivity index (χ2v) is 7.25. The van der Waals surface area contributed by atoms with Crippen LogP contribution in [0.5, 0.6) is 0 Å². The molecule has 2 fully saturated rings. The van der Waals surface area contributed by atoms with E-state index in [9.17, 15) is 9.59 Å². The highest BCUT2D eigenvalue weighted by molar-refractivity contribution is 7.08. The lowest BCUT2D eigenvalue weighted by Gasteiger charge is -1.96. The summed E-state index contributed by atoms with van der Waals surface area (Å²) in [5.41, 5.74) is 0. The zero-order valence-electron chi connectivity index (χ0n) is 22.0. The van der Waals surface area contributed by atoms with Gasteiger partial charge in [-0.3, -0.25) is 4.79 Å². The third-order valence-corrected chi connectivity index (χ3v) is 4.64. The minimum absolute atomic E-state index is 0. The maximum absolute atomic E-state index is 10.0. The summed E-state index contributed by atoms with van der Waals surface area (Å²) in [6.45, 7) is 3.41. The average Bonchev–Trinajstić information content (AvgIpc) is 3.68. The lowest BCUT2D eigenvalue weighted by molar-refractivity contribution is -0.110. The third-order valence-electron chi connectivity index (χ3n) is 4.64. The van der Waals surface area contributed by atoms with Crippen molar-refractivity contribution in [2.45, 2.75) is 65.2 Å². The van der Waals surface area contributed by atoms with Gasteiger partial charge in [-0.1, -0.05) is 43.6 Å². The molecule has 0 spiro atoms. The zero-order chi connectivity index (χ0) is 28.4. The van der Waals surface area contributed by atoms with Crippen LogP contribution in [0.15, 0.2) is 12.2 Å². The number of allylic oxidation sites excluding steroid dienone is 2. The van der Waals surface area contributed by atoms with Gasteiger partial charge in [0.1, 0.15) is 12.6 Å². The van der Waals surface area contributed by atoms with E-state index in [4.69, 9.17) is 4.89 Å². The summed E-state index contributed by atoms with van der Waals surface area (Å²) in [4.78, 5) is 26.8. The summed E-state index contributed by atoms with van der Waals surface area (Å²) in [7, 11) is 1.42. The molecule has 2 aliphatic rings. The van der Waals surface area contributed by atoms with Gasteiger partial charge in [0, 0.05) is 13.1 Å². The Kier molecular flexibility index (Phi) is 30.5. The highest BCUT2D eigenvalue weighted by atomic mass is 31.0. The lowest BCUT2D eigenvalue weighted by Crippen LogP contribution is -1.91. The molecule has 1 atom stereocenters. The number of rotatable bonds is 3. The van der Waals surface area contributed by atoms with E-state index in [0.29, 0.717) is 11.8 Å². The van der Waals surface area contributed by atoms with E-state index in [1.165, 1.54) is 48.0 Å². The van der Waals surface area contributed by atoms with E-state index >= 15 is 0 Å². The summed E-state index contributed by atoms with van der Waals surface area (Å²) in [6, 6.07) is 0. The van der Waals surface area contributed by atoms with Crippen LogP contribution >= 0.6 is 9.47 Å². The van der Waals surface area contributed by atoms with Crippen molar-refractivity contribution in [3.05, 3.63) is 12.2 Å². The molecule has 0 aliphatic heterocycles. The average molecular weight is 529 g/mol. The Morgan fingerprint density at radius 1 is 0.553 bits per heavy atom. The molecule has 0 aromatic carbocycles. The molecule has 1 N–H and O–H groups in total. The van der Waals surface area contributed by atoms with Crippen LogP contribution in [0.1, 0.15) is 72.3 Å². The molecule has 0 aromatic rings. The summed E-state index contributed by atoms with van der Waals surface area (Å²) >= 11 is 0. The van der Waals surface area contributed by atoms with Crippen molar-refractivity contribution in [3.63, 3.8) is 0 Å². The molecule has 0 aromatic heterocycles. The van der Waals surface area contributed by atoms with Gasteiger partial charge >= 0.3 is 0 Å². The molecule has 38 heavy (non-hydrogen) atoms. The Hall–Kier alpha value is -4.49. The first-order chi connectivity index (χ1) is 18.8. The van der Waals surface area contributed by atoms with Crippen molar-refractivity contribution >= 4 is 22.0 Å². The topological polar surface area (TPSA) is 54.4 Å². The Labute approximate surface area is 239 Å². The van der Waals surface area contributed by atoms with Crippen LogP contribution in [0, 0.1) is 118 Å². The van der Waals surface area contributed by atoms with E-state index in [1.54, 1.807) is 19.9 Å². The first-order valence-corrected chi connectivity index (χ1v) is 12.5. The number of carbonyl (C=O) groups is 2. The zero-order valence-corrected chi connectivity index (χ0v) is 23.1. The van der Waals surface area contributed by atoms with Crippen LogP contribution in [0.25, 0.3) is 0 Å². The molecule has 0 radical (unpaired) electrons. The molecule has 2 aliphatic carbocycles. The molecule has 1 unspecified atom stereocenters. The van der Waals surface area contributed by atoms with Crippen molar-refractivity contribution in [3.8, 4) is 107 Å². The normalized spacial score (nSPS) is 11.5. The largest absolute Gasteiger partial charge is 0.380 e. The summed E-state index contributed by atoms with van der Waals surface area (Å²) in [6.07, 6.45) is 15.7. The third kappa shape index (κ3) is 27.8. The maximum Gasteiger partial charge on any atom is 0.142 e. The predicted molar refractivity (Wildman–Crippen MR) is 169 cm³/mol. The quantitative estimate of drug-likeness (QED) is 0.232. The van der Waals surface area contributed by atoms with E-state index in [2.05, 4.69) is 107 Å². The van der Waals surface area contributed by atoms with Gasteiger partial charge in [0.05, 0.1) is 0 Å². The van der Waals surface area contributed by atoms with Crippen LogP contribution < -0.4 is 0 Å². The van der Waals surface area contributed by atoms with E-state index in [-0.39, 0.29) is 7.13 Å². The highest BCUT2D eigenvalue weighted by Crippen LogP contribution is 2.25. The molecular weight excluding hydrogens is 487 g/mol. The fourth-order valence-corrected chi connectivity index (χ4v) is 3.01. The fourth-order valence-electron chi connectivity index (χ4n) is 3.01. The standard InChI is InChI=1S/C20H6.C8H12O.C6H10O.H3OP.5H2/c1-3-5-7-9-11-13-15-17-19-20-18-16-14-12-10-8-6-4-2;9-7-3-6-8-4-1-2-5-8;7-5-6-3-1-2-4-6;1-2;;;;;/h1-2H3;3,6-8H,1-2,4-5H2;5-6H,1-4H2;1H,2H2;5*1H/b;6-3+;;;;;;;. The van der Waals surface area contributed by atoms with E-state index in [1.807, 2.05) is 6.08 Å². The number of hydrogen-bond donors (Lipinski definition) is 1. The Morgan fingerprint density at radius 3 is 1.08 bits per heavy atom. The van der Waals surface area contributed by atoms with Gasteiger partial charge < -0.3 is 9.69 Å². The van der Waals surface area contributed by atoms with E-state index in [0.717, 1.165) is 25.4 Å².